The highest BCUT2D eigenvalue weighted by atomic mass is 16.3. The van der Waals surface area contributed by atoms with Crippen LogP contribution in [0.4, 0.5) is 0 Å². The van der Waals surface area contributed by atoms with Gasteiger partial charge in [0.05, 0.1) is 0 Å². The van der Waals surface area contributed by atoms with E-state index < -0.39 is 0 Å². The quantitative estimate of drug-likeness (QED) is 0.181. The second-order valence-electron chi connectivity index (χ2n) is 13.7. The molecule has 0 bridgehead atoms. The fourth-order valence-corrected chi connectivity index (χ4v) is 7.44. The molecule has 7 aromatic rings. The van der Waals surface area contributed by atoms with E-state index in [-0.39, 0.29) is 0 Å². The molecule has 5 aromatic carbocycles. The summed E-state index contributed by atoms with van der Waals surface area (Å²) in [7, 11) is 0. The number of aromatic nitrogens is 3. The molecule has 0 saturated heterocycles. The van der Waals surface area contributed by atoms with Crippen molar-refractivity contribution < 1.29 is 4.42 Å². The maximum absolute atomic E-state index is 6.58. The van der Waals surface area contributed by atoms with Crippen LogP contribution in [0.2, 0.25) is 0 Å². The van der Waals surface area contributed by atoms with E-state index in [1.807, 2.05) is 48.6 Å². The zero-order chi connectivity index (χ0) is 35.7. The van der Waals surface area contributed by atoms with Gasteiger partial charge in [0.15, 0.2) is 17.5 Å². The molecule has 0 fully saturated rings. The molecule has 0 spiro atoms. The van der Waals surface area contributed by atoms with Crippen LogP contribution in [0, 0.1) is 5.92 Å². The maximum atomic E-state index is 6.58. The van der Waals surface area contributed by atoms with Gasteiger partial charge in [0.25, 0.3) is 0 Å². The Bertz CT molecular complexity index is 2750. The van der Waals surface area contributed by atoms with Gasteiger partial charge in [-0.05, 0) is 81.6 Å². The average molecular weight is 684 g/mol. The lowest BCUT2D eigenvalue weighted by Crippen LogP contribution is -2.08. The molecule has 2 aromatic heterocycles. The third-order valence-electron chi connectivity index (χ3n) is 10.2. The highest BCUT2D eigenvalue weighted by molar-refractivity contribution is 6.17. The normalized spacial score (nSPS) is 18.8. The lowest BCUT2D eigenvalue weighted by atomic mass is 9.89. The van der Waals surface area contributed by atoms with Gasteiger partial charge < -0.3 is 4.42 Å². The number of benzene rings is 5. The van der Waals surface area contributed by atoms with Crippen molar-refractivity contribution in [3.63, 3.8) is 0 Å². The van der Waals surface area contributed by atoms with Crippen molar-refractivity contribution in [2.45, 2.75) is 19.8 Å². The number of hydrogen-bond acceptors (Lipinski definition) is 4. The van der Waals surface area contributed by atoms with Gasteiger partial charge in [-0.3, -0.25) is 0 Å². The van der Waals surface area contributed by atoms with E-state index in [1.54, 1.807) is 0 Å². The van der Waals surface area contributed by atoms with Crippen molar-refractivity contribution in [2.24, 2.45) is 5.92 Å². The van der Waals surface area contributed by atoms with Crippen LogP contribution in [0.5, 0.6) is 0 Å². The number of furan rings is 1. The first-order chi connectivity index (χ1) is 26.1. The first kappa shape index (κ1) is 32.3. The summed E-state index contributed by atoms with van der Waals surface area (Å²) in [6.45, 7) is 6.38. The SMILES string of the molecule is C=C1/C=C\C=C/C/C(c2cc(-c3ccc(-c4nc(C5=CC=CCC5C)nc(-c5ccccc5)n4)c4ccccc34)c3c(c2)oc2ccccc23)=C\C=C/1. The van der Waals surface area contributed by atoms with Crippen LogP contribution < -0.4 is 0 Å². The predicted octanol–water partition coefficient (Wildman–Crippen LogP) is 12.9. The molecule has 0 radical (unpaired) electrons. The van der Waals surface area contributed by atoms with Crippen molar-refractivity contribution in [3.05, 3.63) is 187 Å². The third-order valence-corrected chi connectivity index (χ3v) is 10.2. The third kappa shape index (κ3) is 6.19. The summed E-state index contributed by atoms with van der Waals surface area (Å²) in [4.78, 5) is 15.3. The molecule has 1 atom stereocenters. The van der Waals surface area contributed by atoms with Crippen molar-refractivity contribution in [1.29, 1.82) is 0 Å². The van der Waals surface area contributed by atoms with Gasteiger partial charge in [0.1, 0.15) is 11.2 Å². The standard InChI is InChI=1S/C49H37N3O/c1-32-16-5-3-6-19-34(22-15-17-32)36-30-43(46-42-26-13-14-27-44(42)53-45(46)31-36)40-28-29-41(39-25-12-11-24-38(39)40)49-51-47(35-20-7-4-8-21-35)50-48(52-49)37-23-10-9-18-33(37)2/h3-17,20-31,33H,1,18-19H2,2H3/b6-3-,16-5-,17-15-,34-22+. The minimum absolute atomic E-state index is 0.306. The number of allylic oxidation sites excluding steroid dienone is 13. The summed E-state index contributed by atoms with van der Waals surface area (Å²) in [6.07, 6.45) is 22.8. The summed E-state index contributed by atoms with van der Waals surface area (Å²) in [5, 5.41) is 4.39. The van der Waals surface area contributed by atoms with E-state index in [9.17, 15) is 0 Å². The molecular formula is C49H37N3O. The molecule has 0 aliphatic heterocycles. The number of hydrogen-bond donors (Lipinski definition) is 0. The maximum Gasteiger partial charge on any atom is 0.164 e. The van der Waals surface area contributed by atoms with E-state index in [0.717, 1.165) is 90.3 Å². The summed E-state index contributed by atoms with van der Waals surface area (Å²) >= 11 is 0. The largest absolute Gasteiger partial charge is 0.456 e. The first-order valence-electron chi connectivity index (χ1n) is 18.2. The molecule has 9 rings (SSSR count). The molecule has 0 N–H and O–H groups in total. The molecule has 2 aliphatic carbocycles. The second kappa shape index (κ2) is 13.8. The van der Waals surface area contributed by atoms with Gasteiger partial charge in [0, 0.05) is 27.5 Å². The molecule has 4 heteroatoms. The number of rotatable bonds is 5. The number of fused-ring (bicyclic) bond motifs is 4. The Kier molecular flexibility index (Phi) is 8.41. The molecule has 254 valence electrons. The average Bonchev–Trinajstić information content (AvgIpc) is 3.58. The molecule has 0 amide bonds. The predicted molar refractivity (Wildman–Crippen MR) is 221 cm³/mol. The van der Waals surface area contributed by atoms with Crippen LogP contribution in [0.15, 0.2) is 180 Å². The van der Waals surface area contributed by atoms with Gasteiger partial charge in [-0.1, -0.05) is 153 Å². The molecule has 53 heavy (non-hydrogen) atoms. The topological polar surface area (TPSA) is 51.8 Å². The van der Waals surface area contributed by atoms with Gasteiger partial charge in [-0.15, -0.1) is 0 Å². The minimum Gasteiger partial charge on any atom is -0.456 e. The lowest BCUT2D eigenvalue weighted by Gasteiger charge is -2.18. The summed E-state index contributed by atoms with van der Waals surface area (Å²) in [5.41, 5.74) is 10.3. The summed E-state index contributed by atoms with van der Waals surface area (Å²) < 4.78 is 6.58. The molecule has 2 aliphatic rings. The van der Waals surface area contributed by atoms with Gasteiger partial charge in [0.2, 0.25) is 0 Å². The van der Waals surface area contributed by atoms with Gasteiger partial charge in [-0.2, -0.15) is 0 Å². The van der Waals surface area contributed by atoms with E-state index >= 15 is 0 Å². The monoisotopic (exact) mass is 683 g/mol. The van der Waals surface area contributed by atoms with Crippen LogP contribution in [0.1, 0.15) is 31.2 Å². The molecule has 4 nitrogen and oxygen atoms in total. The van der Waals surface area contributed by atoms with Crippen LogP contribution in [-0.2, 0) is 0 Å². The van der Waals surface area contributed by atoms with E-state index in [1.165, 1.54) is 5.57 Å². The van der Waals surface area contributed by atoms with Crippen molar-refractivity contribution in [1.82, 2.24) is 15.0 Å². The van der Waals surface area contributed by atoms with Crippen molar-refractivity contribution in [2.75, 3.05) is 0 Å². The van der Waals surface area contributed by atoms with Crippen LogP contribution >= 0.6 is 0 Å². The molecular weight excluding hydrogens is 647 g/mol. The number of nitrogens with zero attached hydrogens (tertiary/aromatic N) is 3. The Morgan fingerprint density at radius 2 is 1.30 bits per heavy atom. The second-order valence-corrected chi connectivity index (χ2v) is 13.7. The summed E-state index contributed by atoms with van der Waals surface area (Å²) in [6, 6.07) is 36.0. The number of para-hydroxylation sites is 1. The molecule has 1 unspecified atom stereocenters. The van der Waals surface area contributed by atoms with E-state index in [0.29, 0.717) is 17.6 Å². The van der Waals surface area contributed by atoms with Crippen LogP contribution in [0.25, 0.3) is 77.8 Å². The highest BCUT2D eigenvalue weighted by Gasteiger charge is 2.22. The van der Waals surface area contributed by atoms with Crippen LogP contribution in [0.3, 0.4) is 0 Å². The smallest absolute Gasteiger partial charge is 0.164 e. The summed E-state index contributed by atoms with van der Waals surface area (Å²) in [5.74, 6) is 2.36. The Hall–Kier alpha value is -6.65. The fourth-order valence-electron chi connectivity index (χ4n) is 7.44. The zero-order valence-electron chi connectivity index (χ0n) is 29.5. The zero-order valence-corrected chi connectivity index (χ0v) is 29.5. The molecule has 0 saturated carbocycles. The van der Waals surface area contributed by atoms with Crippen LogP contribution in [-0.4, -0.2) is 15.0 Å². The van der Waals surface area contributed by atoms with Crippen molar-refractivity contribution in [3.8, 4) is 33.9 Å². The Balaban J connectivity index is 1.27. The fraction of sp³-hybridized carbons (Fsp3) is 0.0816. The minimum atomic E-state index is 0.306. The van der Waals surface area contributed by atoms with E-state index in [2.05, 4.69) is 129 Å². The lowest BCUT2D eigenvalue weighted by molar-refractivity contribution is 0.669. The van der Waals surface area contributed by atoms with Crippen molar-refractivity contribution >= 4 is 43.9 Å². The van der Waals surface area contributed by atoms with Gasteiger partial charge in [-0.25, -0.2) is 15.0 Å². The molecule has 2 heterocycles. The van der Waals surface area contributed by atoms with Gasteiger partial charge >= 0.3 is 0 Å². The Morgan fingerprint density at radius 1 is 0.585 bits per heavy atom. The highest BCUT2D eigenvalue weighted by Crippen LogP contribution is 2.43. The Morgan fingerprint density at radius 3 is 2.15 bits per heavy atom. The van der Waals surface area contributed by atoms with E-state index in [4.69, 9.17) is 19.4 Å². The Labute approximate surface area is 309 Å². The first-order valence-corrected chi connectivity index (χ1v) is 18.2.